The standard InChI is InChI=1S/C51H35NO2/c1-51(2)44-21-10-9-19-39(44)40-25-23-37(29-45(40)51)52(35-18-11-17-34(27-35)32-13-5-3-6-14-32)36-24-26-46-41(28-36)42-30-49-43(31-48(42)53-46)50-38(20-12-22-47(50)54-49)33-15-7-4-8-16-33/h3-31H,1-2H3. The lowest BCUT2D eigenvalue weighted by molar-refractivity contribution is 0.660. The zero-order valence-corrected chi connectivity index (χ0v) is 30.0. The summed E-state index contributed by atoms with van der Waals surface area (Å²) in [5, 5.41) is 4.24. The van der Waals surface area contributed by atoms with Gasteiger partial charge in [0, 0.05) is 44.0 Å². The fraction of sp³-hybridized carbons (Fsp3) is 0.0588. The molecule has 0 unspecified atom stereocenters. The van der Waals surface area contributed by atoms with Crippen molar-refractivity contribution in [3.63, 3.8) is 0 Å². The molecular formula is C51H35NO2. The van der Waals surface area contributed by atoms with Gasteiger partial charge in [0.2, 0.25) is 0 Å². The zero-order valence-electron chi connectivity index (χ0n) is 30.0. The molecule has 0 fully saturated rings. The van der Waals surface area contributed by atoms with E-state index < -0.39 is 0 Å². The van der Waals surface area contributed by atoms with Crippen LogP contribution in [0.25, 0.3) is 77.3 Å². The minimum atomic E-state index is -0.122. The molecule has 256 valence electrons. The largest absolute Gasteiger partial charge is 0.456 e. The Morgan fingerprint density at radius 2 is 0.963 bits per heavy atom. The van der Waals surface area contributed by atoms with Gasteiger partial charge in [0.05, 0.1) is 0 Å². The van der Waals surface area contributed by atoms with Gasteiger partial charge in [0.25, 0.3) is 0 Å². The van der Waals surface area contributed by atoms with Crippen LogP contribution in [0.5, 0.6) is 0 Å². The van der Waals surface area contributed by atoms with Gasteiger partial charge in [0.1, 0.15) is 22.3 Å². The summed E-state index contributed by atoms with van der Waals surface area (Å²) in [5.41, 5.74) is 16.5. The average Bonchev–Trinajstić information content (AvgIpc) is 3.84. The maximum Gasteiger partial charge on any atom is 0.136 e. The first-order valence-corrected chi connectivity index (χ1v) is 18.6. The van der Waals surface area contributed by atoms with E-state index in [1.165, 1.54) is 33.4 Å². The number of furan rings is 2. The van der Waals surface area contributed by atoms with E-state index in [1.54, 1.807) is 0 Å². The SMILES string of the molecule is CC1(C)c2ccccc2-c2ccc(N(c3cccc(-c4ccccc4)c3)c3ccc4oc5cc6c(cc5c4c3)oc3cccc(-c4ccccc4)c36)cc21. The molecule has 0 saturated heterocycles. The highest BCUT2D eigenvalue weighted by Crippen LogP contribution is 2.51. The molecule has 3 heteroatoms. The smallest absolute Gasteiger partial charge is 0.136 e. The number of hydrogen-bond donors (Lipinski definition) is 0. The third kappa shape index (κ3) is 4.61. The van der Waals surface area contributed by atoms with Gasteiger partial charge in [-0.15, -0.1) is 0 Å². The molecule has 0 saturated carbocycles. The Bertz CT molecular complexity index is 3080. The van der Waals surface area contributed by atoms with Gasteiger partial charge in [0.15, 0.2) is 0 Å². The van der Waals surface area contributed by atoms with Crippen LogP contribution in [0, 0.1) is 0 Å². The van der Waals surface area contributed by atoms with Gasteiger partial charge in [-0.25, -0.2) is 0 Å². The molecule has 0 spiro atoms. The van der Waals surface area contributed by atoms with Crippen molar-refractivity contribution in [3.05, 3.63) is 187 Å². The van der Waals surface area contributed by atoms with Gasteiger partial charge in [-0.2, -0.15) is 0 Å². The lowest BCUT2D eigenvalue weighted by atomic mass is 9.82. The van der Waals surface area contributed by atoms with Crippen LogP contribution in [0.3, 0.4) is 0 Å². The summed E-state index contributed by atoms with van der Waals surface area (Å²) >= 11 is 0. The van der Waals surface area contributed by atoms with Crippen molar-refractivity contribution in [1.29, 1.82) is 0 Å². The van der Waals surface area contributed by atoms with Crippen LogP contribution in [0.4, 0.5) is 17.1 Å². The van der Waals surface area contributed by atoms with Crippen molar-refractivity contribution >= 4 is 60.9 Å². The van der Waals surface area contributed by atoms with E-state index in [2.05, 4.69) is 195 Å². The first-order valence-electron chi connectivity index (χ1n) is 18.6. The van der Waals surface area contributed by atoms with Crippen LogP contribution < -0.4 is 4.90 Å². The third-order valence-corrected chi connectivity index (χ3v) is 11.5. The van der Waals surface area contributed by atoms with E-state index >= 15 is 0 Å². The average molecular weight is 694 g/mol. The fourth-order valence-corrected chi connectivity index (χ4v) is 8.81. The Hall–Kier alpha value is -6.84. The van der Waals surface area contributed by atoms with Crippen LogP contribution in [0.2, 0.25) is 0 Å². The second-order valence-corrected chi connectivity index (χ2v) is 14.9. The second kappa shape index (κ2) is 11.6. The number of hydrogen-bond acceptors (Lipinski definition) is 3. The summed E-state index contributed by atoms with van der Waals surface area (Å²) in [7, 11) is 0. The lowest BCUT2D eigenvalue weighted by Crippen LogP contribution is -2.16. The third-order valence-electron chi connectivity index (χ3n) is 11.5. The van der Waals surface area contributed by atoms with Crippen molar-refractivity contribution in [2.45, 2.75) is 19.3 Å². The highest BCUT2D eigenvalue weighted by Gasteiger charge is 2.35. The fourth-order valence-electron chi connectivity index (χ4n) is 8.81. The Morgan fingerprint density at radius 1 is 0.370 bits per heavy atom. The Balaban J connectivity index is 1.11. The summed E-state index contributed by atoms with van der Waals surface area (Å²) in [6, 6.07) is 62.9. The van der Waals surface area contributed by atoms with Gasteiger partial charge in [-0.05, 0) is 105 Å². The molecule has 3 nitrogen and oxygen atoms in total. The van der Waals surface area contributed by atoms with Gasteiger partial charge in [-0.1, -0.05) is 129 Å². The molecule has 10 aromatic rings. The minimum absolute atomic E-state index is 0.122. The molecule has 0 amide bonds. The summed E-state index contributed by atoms with van der Waals surface area (Å²) < 4.78 is 13.2. The molecule has 1 aliphatic carbocycles. The predicted octanol–water partition coefficient (Wildman–Crippen LogP) is 14.6. The quantitative estimate of drug-likeness (QED) is 0.180. The van der Waals surface area contributed by atoms with Crippen molar-refractivity contribution in [2.75, 3.05) is 4.90 Å². The summed E-state index contributed by atoms with van der Waals surface area (Å²) in [6.07, 6.45) is 0. The maximum atomic E-state index is 6.61. The summed E-state index contributed by atoms with van der Waals surface area (Å²) in [6.45, 7) is 4.68. The molecule has 0 bridgehead atoms. The molecule has 0 aliphatic heterocycles. The zero-order chi connectivity index (χ0) is 36.0. The first kappa shape index (κ1) is 30.8. The molecular weight excluding hydrogens is 659 g/mol. The highest BCUT2D eigenvalue weighted by atomic mass is 16.3. The Morgan fingerprint density at radius 3 is 1.81 bits per heavy atom. The first-order chi connectivity index (χ1) is 26.5. The highest BCUT2D eigenvalue weighted by molar-refractivity contribution is 6.18. The normalized spacial score (nSPS) is 13.1. The van der Waals surface area contributed by atoms with Crippen molar-refractivity contribution < 1.29 is 8.83 Å². The van der Waals surface area contributed by atoms with Crippen LogP contribution >= 0.6 is 0 Å². The monoisotopic (exact) mass is 693 g/mol. The number of fused-ring (bicyclic) bond motifs is 9. The van der Waals surface area contributed by atoms with Crippen molar-refractivity contribution in [1.82, 2.24) is 0 Å². The van der Waals surface area contributed by atoms with E-state index in [0.717, 1.165) is 72.1 Å². The van der Waals surface area contributed by atoms with E-state index in [-0.39, 0.29) is 5.41 Å². The molecule has 11 rings (SSSR count). The van der Waals surface area contributed by atoms with Gasteiger partial charge in [-0.3, -0.25) is 0 Å². The molecule has 1 aliphatic rings. The van der Waals surface area contributed by atoms with E-state index in [4.69, 9.17) is 8.83 Å². The number of nitrogens with zero attached hydrogens (tertiary/aromatic N) is 1. The number of rotatable bonds is 5. The number of benzene rings is 8. The van der Waals surface area contributed by atoms with E-state index in [1.807, 2.05) is 0 Å². The lowest BCUT2D eigenvalue weighted by Gasteiger charge is -2.28. The molecule has 0 N–H and O–H groups in total. The van der Waals surface area contributed by atoms with Gasteiger partial charge >= 0.3 is 0 Å². The van der Waals surface area contributed by atoms with Crippen LogP contribution in [-0.4, -0.2) is 0 Å². The Kier molecular flexibility index (Phi) is 6.60. The van der Waals surface area contributed by atoms with Crippen LogP contribution in [-0.2, 0) is 5.41 Å². The molecule has 2 aromatic heterocycles. The molecule has 8 aromatic carbocycles. The van der Waals surface area contributed by atoms with Crippen molar-refractivity contribution in [3.8, 4) is 33.4 Å². The molecule has 0 radical (unpaired) electrons. The van der Waals surface area contributed by atoms with E-state index in [0.29, 0.717) is 0 Å². The van der Waals surface area contributed by atoms with Crippen molar-refractivity contribution in [2.24, 2.45) is 0 Å². The Labute approximate surface area is 313 Å². The topological polar surface area (TPSA) is 29.5 Å². The maximum absolute atomic E-state index is 6.61. The van der Waals surface area contributed by atoms with E-state index in [9.17, 15) is 0 Å². The van der Waals surface area contributed by atoms with Gasteiger partial charge < -0.3 is 13.7 Å². The molecule has 0 atom stereocenters. The summed E-state index contributed by atoms with van der Waals surface area (Å²) in [4.78, 5) is 2.38. The second-order valence-electron chi connectivity index (χ2n) is 14.9. The number of anilines is 3. The molecule has 54 heavy (non-hydrogen) atoms. The minimum Gasteiger partial charge on any atom is -0.456 e. The predicted molar refractivity (Wildman–Crippen MR) is 224 cm³/mol. The summed E-state index contributed by atoms with van der Waals surface area (Å²) in [5.74, 6) is 0. The molecule has 2 heterocycles. The van der Waals surface area contributed by atoms with Crippen LogP contribution in [0.15, 0.2) is 185 Å². The van der Waals surface area contributed by atoms with Crippen LogP contribution in [0.1, 0.15) is 25.0 Å².